The highest BCUT2D eigenvalue weighted by molar-refractivity contribution is 5.79. The van der Waals surface area contributed by atoms with E-state index in [2.05, 4.69) is 69.7 Å². The molecule has 0 saturated carbocycles. The van der Waals surface area contributed by atoms with E-state index >= 15 is 0 Å². The van der Waals surface area contributed by atoms with Crippen molar-refractivity contribution in [1.29, 1.82) is 0 Å². The Kier molecular flexibility index (Phi) is 8.60. The number of hydrogen-bond donors (Lipinski definition) is 2. The van der Waals surface area contributed by atoms with Crippen molar-refractivity contribution in [3.63, 3.8) is 0 Å². The van der Waals surface area contributed by atoms with Crippen molar-refractivity contribution in [2.75, 3.05) is 58.3 Å². The zero-order valence-electron chi connectivity index (χ0n) is 16.2. The van der Waals surface area contributed by atoms with E-state index in [0.717, 1.165) is 44.5 Å². The third-order valence-electron chi connectivity index (χ3n) is 5.02. The maximum Gasteiger partial charge on any atom is 0.190 e. The molecular weight excluding hydrogens is 310 g/mol. The van der Waals surface area contributed by atoms with Gasteiger partial charge in [-0.1, -0.05) is 18.2 Å². The predicted octanol–water partition coefficient (Wildman–Crippen LogP) is 2.41. The first-order valence-corrected chi connectivity index (χ1v) is 9.66. The molecule has 0 aliphatic carbocycles. The molecule has 0 radical (unpaired) electrons. The van der Waals surface area contributed by atoms with Crippen molar-refractivity contribution in [3.8, 4) is 0 Å². The normalized spacial score (nSPS) is 16.7. The van der Waals surface area contributed by atoms with E-state index in [1.165, 1.54) is 31.6 Å². The molecule has 1 aromatic rings. The molecule has 5 nitrogen and oxygen atoms in total. The molecule has 140 valence electrons. The maximum atomic E-state index is 4.35. The minimum absolute atomic E-state index is 0.767. The average molecular weight is 346 g/mol. The topological polar surface area (TPSA) is 42.9 Å². The molecule has 25 heavy (non-hydrogen) atoms. The fraction of sp³-hybridized carbons (Fsp3) is 0.650. The first kappa shape index (κ1) is 19.6. The number of rotatable bonds is 8. The lowest BCUT2D eigenvalue weighted by Gasteiger charge is -2.29. The summed E-state index contributed by atoms with van der Waals surface area (Å²) in [5.74, 6) is 1.70. The maximum absolute atomic E-state index is 4.35. The zero-order valence-corrected chi connectivity index (χ0v) is 16.2. The summed E-state index contributed by atoms with van der Waals surface area (Å²) in [5.41, 5.74) is 1.30. The number of hydrogen-bond acceptors (Lipinski definition) is 3. The van der Waals surface area contributed by atoms with Crippen LogP contribution in [0.3, 0.4) is 0 Å². The number of benzene rings is 1. The summed E-state index contributed by atoms with van der Waals surface area (Å²) in [4.78, 5) is 9.18. The highest BCUT2D eigenvalue weighted by Gasteiger charge is 2.16. The van der Waals surface area contributed by atoms with Gasteiger partial charge in [0.25, 0.3) is 0 Å². The molecular formula is C20H35N5. The van der Waals surface area contributed by atoms with E-state index in [-0.39, 0.29) is 0 Å². The minimum atomic E-state index is 0.767. The third kappa shape index (κ3) is 6.94. The molecule has 0 spiro atoms. The number of piperidine rings is 1. The van der Waals surface area contributed by atoms with E-state index in [1.54, 1.807) is 0 Å². The molecule has 1 heterocycles. The Morgan fingerprint density at radius 1 is 1.20 bits per heavy atom. The molecule has 5 heteroatoms. The van der Waals surface area contributed by atoms with Gasteiger partial charge < -0.3 is 20.4 Å². The van der Waals surface area contributed by atoms with Crippen LogP contribution in [0.2, 0.25) is 0 Å². The van der Waals surface area contributed by atoms with E-state index in [4.69, 9.17) is 0 Å². The molecule has 1 saturated heterocycles. The van der Waals surface area contributed by atoms with Crippen molar-refractivity contribution in [2.45, 2.75) is 26.2 Å². The average Bonchev–Trinajstić information content (AvgIpc) is 2.66. The quantitative estimate of drug-likeness (QED) is 0.431. The molecule has 0 unspecified atom stereocenters. The molecule has 0 atom stereocenters. The standard InChI is InChI=1S/C20H35N5/c1-4-25(19-9-6-5-7-10-19)14-8-13-22-20(21-2)23-17-18-11-15-24(3)16-12-18/h5-7,9-10,18H,4,8,11-17H2,1-3H3,(H2,21,22,23). The number of nitrogens with one attached hydrogen (secondary N) is 2. The molecule has 1 aromatic carbocycles. The van der Waals surface area contributed by atoms with Gasteiger partial charge in [0.1, 0.15) is 0 Å². The van der Waals surface area contributed by atoms with E-state index < -0.39 is 0 Å². The van der Waals surface area contributed by atoms with Crippen LogP contribution in [0.25, 0.3) is 0 Å². The van der Waals surface area contributed by atoms with Gasteiger partial charge in [0, 0.05) is 38.9 Å². The molecule has 1 aliphatic heterocycles. The second-order valence-electron chi connectivity index (χ2n) is 6.90. The Morgan fingerprint density at radius 3 is 2.56 bits per heavy atom. The van der Waals surface area contributed by atoms with Crippen LogP contribution >= 0.6 is 0 Å². The lowest BCUT2D eigenvalue weighted by Crippen LogP contribution is -2.43. The first-order valence-electron chi connectivity index (χ1n) is 9.66. The van der Waals surface area contributed by atoms with Crippen molar-refractivity contribution in [1.82, 2.24) is 15.5 Å². The summed E-state index contributed by atoms with van der Waals surface area (Å²) in [6, 6.07) is 10.6. The summed E-state index contributed by atoms with van der Waals surface area (Å²) >= 11 is 0. The SMILES string of the molecule is CCN(CCCNC(=NC)NCC1CCN(C)CC1)c1ccccc1. The fourth-order valence-electron chi connectivity index (χ4n) is 3.31. The Bertz CT molecular complexity index is 494. The van der Waals surface area contributed by atoms with Gasteiger partial charge >= 0.3 is 0 Å². The fourth-order valence-corrected chi connectivity index (χ4v) is 3.31. The van der Waals surface area contributed by atoms with Gasteiger partial charge in [-0.3, -0.25) is 4.99 Å². The molecule has 2 N–H and O–H groups in total. The summed E-state index contributed by atoms with van der Waals surface area (Å²) in [6.07, 6.45) is 3.66. The molecule has 1 fully saturated rings. The smallest absolute Gasteiger partial charge is 0.190 e. The number of nitrogens with zero attached hydrogens (tertiary/aromatic N) is 3. The Labute approximate surface area is 153 Å². The molecule has 2 rings (SSSR count). The number of guanidine groups is 1. The van der Waals surface area contributed by atoms with E-state index in [0.29, 0.717) is 0 Å². The van der Waals surface area contributed by atoms with Crippen LogP contribution in [0.15, 0.2) is 35.3 Å². The van der Waals surface area contributed by atoms with Crippen LogP contribution in [0.5, 0.6) is 0 Å². The van der Waals surface area contributed by atoms with Gasteiger partial charge in [-0.15, -0.1) is 0 Å². The van der Waals surface area contributed by atoms with Gasteiger partial charge in [0.15, 0.2) is 5.96 Å². The molecule has 0 amide bonds. The molecule has 0 aromatic heterocycles. The summed E-state index contributed by atoms with van der Waals surface area (Å²) < 4.78 is 0. The monoisotopic (exact) mass is 345 g/mol. The summed E-state index contributed by atoms with van der Waals surface area (Å²) in [6.45, 7) is 8.69. The Balaban J connectivity index is 1.63. The zero-order chi connectivity index (χ0) is 17.9. The molecule has 0 bridgehead atoms. The van der Waals surface area contributed by atoms with Gasteiger partial charge in [0.05, 0.1) is 0 Å². The first-order chi connectivity index (χ1) is 12.2. The number of para-hydroxylation sites is 1. The number of aliphatic imine (C=N–C) groups is 1. The minimum Gasteiger partial charge on any atom is -0.372 e. The van der Waals surface area contributed by atoms with Crippen LogP contribution < -0.4 is 15.5 Å². The van der Waals surface area contributed by atoms with Crippen LogP contribution in [0.1, 0.15) is 26.2 Å². The highest BCUT2D eigenvalue weighted by Crippen LogP contribution is 2.14. The Hall–Kier alpha value is -1.75. The largest absolute Gasteiger partial charge is 0.372 e. The van der Waals surface area contributed by atoms with Gasteiger partial charge in [-0.25, -0.2) is 0 Å². The predicted molar refractivity (Wildman–Crippen MR) is 109 cm³/mol. The van der Waals surface area contributed by atoms with E-state index in [1.807, 2.05) is 7.05 Å². The van der Waals surface area contributed by atoms with Crippen molar-refractivity contribution in [2.24, 2.45) is 10.9 Å². The highest BCUT2D eigenvalue weighted by atomic mass is 15.2. The van der Waals surface area contributed by atoms with Gasteiger partial charge in [-0.2, -0.15) is 0 Å². The van der Waals surface area contributed by atoms with Crippen LogP contribution in [-0.2, 0) is 0 Å². The summed E-state index contributed by atoms with van der Waals surface area (Å²) in [7, 11) is 4.06. The van der Waals surface area contributed by atoms with Crippen molar-refractivity contribution >= 4 is 11.6 Å². The van der Waals surface area contributed by atoms with Crippen LogP contribution in [-0.4, -0.2) is 64.2 Å². The third-order valence-corrected chi connectivity index (χ3v) is 5.02. The van der Waals surface area contributed by atoms with Crippen molar-refractivity contribution < 1.29 is 0 Å². The van der Waals surface area contributed by atoms with Gasteiger partial charge in [-0.05, 0) is 64.4 Å². The number of anilines is 1. The van der Waals surface area contributed by atoms with Crippen LogP contribution in [0.4, 0.5) is 5.69 Å². The lowest BCUT2D eigenvalue weighted by atomic mass is 9.97. The second-order valence-corrected chi connectivity index (χ2v) is 6.90. The number of likely N-dealkylation sites (tertiary alicyclic amines) is 1. The molecule has 1 aliphatic rings. The van der Waals surface area contributed by atoms with Gasteiger partial charge in [0.2, 0.25) is 0 Å². The lowest BCUT2D eigenvalue weighted by molar-refractivity contribution is 0.220. The van der Waals surface area contributed by atoms with E-state index in [9.17, 15) is 0 Å². The Morgan fingerprint density at radius 2 is 1.92 bits per heavy atom. The van der Waals surface area contributed by atoms with Crippen molar-refractivity contribution in [3.05, 3.63) is 30.3 Å². The summed E-state index contributed by atoms with van der Waals surface area (Å²) in [5, 5.41) is 6.95. The van der Waals surface area contributed by atoms with Crippen LogP contribution in [0, 0.1) is 5.92 Å². The second kappa shape index (κ2) is 11.0.